The van der Waals surface area contributed by atoms with Gasteiger partial charge in [0.05, 0.1) is 11.6 Å². The number of halogens is 1. The predicted octanol–water partition coefficient (Wildman–Crippen LogP) is 5.24. The van der Waals surface area contributed by atoms with E-state index in [0.29, 0.717) is 16.7 Å². The van der Waals surface area contributed by atoms with Crippen molar-refractivity contribution in [3.8, 4) is 28.6 Å². The predicted molar refractivity (Wildman–Crippen MR) is 90.6 cm³/mol. The average molecular weight is 329 g/mol. The van der Waals surface area contributed by atoms with E-state index in [1.54, 1.807) is 6.07 Å². The van der Waals surface area contributed by atoms with Crippen LogP contribution in [0.3, 0.4) is 0 Å². The van der Waals surface area contributed by atoms with Crippen molar-refractivity contribution >= 4 is 11.6 Å². The molecule has 1 heterocycles. The van der Waals surface area contributed by atoms with Gasteiger partial charge in [0, 0.05) is 11.1 Å². The van der Waals surface area contributed by atoms with E-state index in [2.05, 4.69) is 17.1 Å². The second-order valence-electron chi connectivity index (χ2n) is 5.13. The Morgan fingerprint density at radius 2 is 1.87 bits per heavy atom. The Morgan fingerprint density at radius 1 is 1.09 bits per heavy atom. The third-order valence-electron chi connectivity index (χ3n) is 3.41. The van der Waals surface area contributed by atoms with Gasteiger partial charge in [0.15, 0.2) is 0 Å². The molecule has 0 radical (unpaired) electrons. The Hall–Kier alpha value is -2.33. The number of nitrogens with zero attached hydrogens (tertiary/aromatic N) is 2. The van der Waals surface area contributed by atoms with Crippen LogP contribution in [0.4, 0.5) is 0 Å². The van der Waals surface area contributed by atoms with Crippen molar-refractivity contribution < 1.29 is 9.26 Å². The van der Waals surface area contributed by atoms with E-state index in [-0.39, 0.29) is 0 Å². The summed E-state index contributed by atoms with van der Waals surface area (Å²) in [7, 11) is 0. The fourth-order valence-electron chi connectivity index (χ4n) is 2.12. The normalized spacial score (nSPS) is 10.7. The second-order valence-corrected chi connectivity index (χ2v) is 5.54. The molecule has 0 saturated heterocycles. The van der Waals surface area contributed by atoms with Gasteiger partial charge in [-0.3, -0.25) is 0 Å². The highest BCUT2D eigenvalue weighted by Gasteiger charge is 2.12. The van der Waals surface area contributed by atoms with E-state index < -0.39 is 0 Å². The molecule has 0 aliphatic heterocycles. The Bertz CT molecular complexity index is 769. The highest BCUT2D eigenvalue weighted by molar-refractivity contribution is 6.33. The van der Waals surface area contributed by atoms with Crippen LogP contribution in [-0.2, 0) is 0 Å². The van der Waals surface area contributed by atoms with E-state index in [9.17, 15) is 0 Å². The van der Waals surface area contributed by atoms with Crippen LogP contribution in [0.5, 0.6) is 5.75 Å². The monoisotopic (exact) mass is 328 g/mol. The fourth-order valence-corrected chi connectivity index (χ4v) is 2.34. The molecule has 23 heavy (non-hydrogen) atoms. The number of hydrogen-bond donors (Lipinski definition) is 0. The van der Waals surface area contributed by atoms with Crippen LogP contribution in [0, 0.1) is 0 Å². The van der Waals surface area contributed by atoms with Gasteiger partial charge in [0.25, 0.3) is 5.89 Å². The summed E-state index contributed by atoms with van der Waals surface area (Å²) < 4.78 is 11.0. The molecular weight excluding hydrogens is 312 g/mol. The zero-order valence-corrected chi connectivity index (χ0v) is 13.6. The summed E-state index contributed by atoms with van der Waals surface area (Å²) in [5, 5.41) is 4.60. The van der Waals surface area contributed by atoms with Gasteiger partial charge in [-0.2, -0.15) is 4.98 Å². The van der Waals surface area contributed by atoms with E-state index in [1.807, 2.05) is 42.5 Å². The summed E-state index contributed by atoms with van der Waals surface area (Å²) in [4.78, 5) is 4.41. The van der Waals surface area contributed by atoms with Crippen LogP contribution >= 0.6 is 11.6 Å². The highest BCUT2D eigenvalue weighted by Crippen LogP contribution is 2.28. The van der Waals surface area contributed by atoms with Gasteiger partial charge >= 0.3 is 0 Å². The highest BCUT2D eigenvalue weighted by atomic mass is 35.5. The Balaban J connectivity index is 1.77. The van der Waals surface area contributed by atoms with E-state index in [0.717, 1.165) is 36.3 Å². The van der Waals surface area contributed by atoms with Crippen LogP contribution in [0.1, 0.15) is 19.8 Å². The maximum absolute atomic E-state index is 6.16. The number of hydrogen-bond acceptors (Lipinski definition) is 4. The third kappa shape index (κ3) is 3.71. The molecule has 0 amide bonds. The zero-order chi connectivity index (χ0) is 16.1. The van der Waals surface area contributed by atoms with E-state index >= 15 is 0 Å². The first kappa shape index (κ1) is 15.6. The molecule has 3 aromatic rings. The molecule has 5 heteroatoms. The van der Waals surface area contributed by atoms with Crippen molar-refractivity contribution in [3.63, 3.8) is 0 Å². The quantitative estimate of drug-likeness (QED) is 0.581. The third-order valence-corrected chi connectivity index (χ3v) is 3.74. The molecule has 3 rings (SSSR count). The minimum absolute atomic E-state index is 0.458. The molecule has 0 bridgehead atoms. The van der Waals surface area contributed by atoms with Gasteiger partial charge in [-0.25, -0.2) is 0 Å². The lowest BCUT2D eigenvalue weighted by Crippen LogP contribution is -1.95. The van der Waals surface area contributed by atoms with Crippen molar-refractivity contribution in [2.75, 3.05) is 6.61 Å². The second kappa shape index (κ2) is 7.29. The lowest BCUT2D eigenvalue weighted by molar-refractivity contribution is 0.309. The number of unbranched alkanes of at least 4 members (excludes halogenated alkanes) is 1. The summed E-state index contributed by atoms with van der Waals surface area (Å²) in [6.45, 7) is 2.87. The standard InChI is InChI=1S/C18H17ClN2O2/c1-2-3-12-22-14-10-8-13(9-11-14)18-20-17(21-23-18)15-6-4-5-7-16(15)19/h4-11H,2-3,12H2,1H3. The molecule has 0 atom stereocenters. The lowest BCUT2D eigenvalue weighted by Gasteiger charge is -2.04. The minimum atomic E-state index is 0.458. The molecule has 0 saturated carbocycles. The lowest BCUT2D eigenvalue weighted by atomic mass is 10.2. The summed E-state index contributed by atoms with van der Waals surface area (Å²) in [5.74, 6) is 1.78. The van der Waals surface area contributed by atoms with Gasteiger partial charge in [0.2, 0.25) is 5.82 Å². The van der Waals surface area contributed by atoms with Crippen LogP contribution in [-0.4, -0.2) is 16.7 Å². The number of rotatable bonds is 6. The smallest absolute Gasteiger partial charge is 0.258 e. The maximum atomic E-state index is 6.16. The topological polar surface area (TPSA) is 48.2 Å². The van der Waals surface area contributed by atoms with E-state index in [1.165, 1.54) is 0 Å². The first-order chi connectivity index (χ1) is 11.3. The van der Waals surface area contributed by atoms with Crippen molar-refractivity contribution in [1.82, 2.24) is 10.1 Å². The van der Waals surface area contributed by atoms with Crippen LogP contribution in [0.15, 0.2) is 53.1 Å². The van der Waals surface area contributed by atoms with Crippen molar-refractivity contribution in [2.45, 2.75) is 19.8 Å². The van der Waals surface area contributed by atoms with Gasteiger partial charge < -0.3 is 9.26 Å². The minimum Gasteiger partial charge on any atom is -0.494 e. The van der Waals surface area contributed by atoms with Crippen molar-refractivity contribution in [3.05, 3.63) is 53.6 Å². The largest absolute Gasteiger partial charge is 0.494 e. The van der Waals surface area contributed by atoms with Crippen LogP contribution in [0.2, 0.25) is 5.02 Å². The molecule has 0 aliphatic carbocycles. The molecule has 2 aromatic carbocycles. The van der Waals surface area contributed by atoms with Gasteiger partial charge in [-0.15, -0.1) is 0 Å². The van der Waals surface area contributed by atoms with Crippen LogP contribution in [0.25, 0.3) is 22.8 Å². The molecule has 1 aromatic heterocycles. The Labute approximate surface area is 140 Å². The number of ether oxygens (including phenoxy) is 1. The molecule has 4 nitrogen and oxygen atoms in total. The number of aromatic nitrogens is 2. The summed E-state index contributed by atoms with van der Waals surface area (Å²) in [6.07, 6.45) is 2.16. The fraction of sp³-hybridized carbons (Fsp3) is 0.222. The Kier molecular flexibility index (Phi) is 4.93. The van der Waals surface area contributed by atoms with Gasteiger partial charge in [-0.1, -0.05) is 42.2 Å². The van der Waals surface area contributed by atoms with E-state index in [4.69, 9.17) is 20.9 Å². The Morgan fingerprint density at radius 3 is 2.61 bits per heavy atom. The number of benzene rings is 2. The average Bonchev–Trinajstić information content (AvgIpc) is 3.06. The molecule has 0 aliphatic rings. The summed E-state index contributed by atoms with van der Waals surface area (Å²) in [6, 6.07) is 15.0. The first-order valence-corrected chi connectivity index (χ1v) is 7.97. The molecule has 0 spiro atoms. The van der Waals surface area contributed by atoms with Crippen LogP contribution < -0.4 is 4.74 Å². The zero-order valence-electron chi connectivity index (χ0n) is 12.8. The summed E-state index contributed by atoms with van der Waals surface area (Å²) in [5.41, 5.74) is 1.60. The van der Waals surface area contributed by atoms with Crippen molar-refractivity contribution in [1.29, 1.82) is 0 Å². The molecular formula is C18H17ClN2O2. The molecule has 0 unspecified atom stereocenters. The molecule has 118 valence electrons. The van der Waals surface area contributed by atoms with Crippen molar-refractivity contribution in [2.24, 2.45) is 0 Å². The molecule has 0 fully saturated rings. The van der Waals surface area contributed by atoms with Gasteiger partial charge in [0.1, 0.15) is 5.75 Å². The molecule has 0 N–H and O–H groups in total. The SMILES string of the molecule is CCCCOc1ccc(-c2nc(-c3ccccc3Cl)no2)cc1. The summed E-state index contributed by atoms with van der Waals surface area (Å²) >= 11 is 6.16. The maximum Gasteiger partial charge on any atom is 0.258 e. The van der Waals surface area contributed by atoms with Gasteiger partial charge in [-0.05, 0) is 42.8 Å². The first-order valence-electron chi connectivity index (χ1n) is 7.60.